The minimum atomic E-state index is -0.800. The van der Waals surface area contributed by atoms with Crippen molar-refractivity contribution in [1.29, 1.82) is 0 Å². The van der Waals surface area contributed by atoms with E-state index in [1.165, 1.54) is 15.7 Å². The van der Waals surface area contributed by atoms with E-state index in [0.29, 0.717) is 6.42 Å². The quantitative estimate of drug-likeness (QED) is 0.683. The van der Waals surface area contributed by atoms with Crippen LogP contribution in [-0.2, 0) is 6.42 Å². The summed E-state index contributed by atoms with van der Waals surface area (Å²) in [5, 5.41) is 3.47. The molecule has 1 nitrogen and oxygen atoms in total. The molecule has 2 rings (SSSR count). The fourth-order valence-electron chi connectivity index (χ4n) is 2.22. The lowest BCUT2D eigenvalue weighted by molar-refractivity contribution is 0.500. The number of nitrogens with one attached hydrogen (secondary N) is 1. The van der Waals surface area contributed by atoms with Gasteiger partial charge in [0.2, 0.25) is 0 Å². The van der Waals surface area contributed by atoms with Gasteiger partial charge in [0.05, 0.1) is 0 Å². The molecule has 4 heteroatoms. The molecule has 21 heavy (non-hydrogen) atoms. The molecule has 0 spiro atoms. The number of hydrogen-bond acceptors (Lipinski definition) is 1. The van der Waals surface area contributed by atoms with E-state index in [2.05, 4.69) is 59.1 Å². The Morgan fingerprint density at radius 1 is 1.05 bits per heavy atom. The van der Waals surface area contributed by atoms with Crippen LogP contribution in [0.2, 0.25) is 0 Å². The molecule has 1 N–H and O–H groups in total. The summed E-state index contributed by atoms with van der Waals surface area (Å²) in [4.78, 5) is 0. The minimum absolute atomic E-state index is 0.104. The highest BCUT2D eigenvalue weighted by Gasteiger charge is 2.13. The molecule has 0 heterocycles. The first-order chi connectivity index (χ1) is 10.1. The SMILES string of the molecule is CCCNC(Cc1ccc(F)c(F)c1)c1ccc(I)cc1. The molecule has 0 aliphatic heterocycles. The van der Waals surface area contributed by atoms with Gasteiger partial charge in [-0.05, 0) is 77.4 Å². The van der Waals surface area contributed by atoms with E-state index in [4.69, 9.17) is 0 Å². The maximum Gasteiger partial charge on any atom is 0.159 e. The van der Waals surface area contributed by atoms with Crippen molar-refractivity contribution in [2.24, 2.45) is 0 Å². The molecule has 0 amide bonds. The van der Waals surface area contributed by atoms with Crippen molar-refractivity contribution in [2.75, 3.05) is 6.54 Å². The first-order valence-corrected chi connectivity index (χ1v) is 8.10. The normalized spacial score (nSPS) is 12.4. The van der Waals surface area contributed by atoms with Gasteiger partial charge in [0.15, 0.2) is 11.6 Å². The van der Waals surface area contributed by atoms with E-state index >= 15 is 0 Å². The summed E-state index contributed by atoms with van der Waals surface area (Å²) in [6, 6.07) is 12.5. The third-order valence-electron chi connectivity index (χ3n) is 3.34. The molecule has 0 bridgehead atoms. The van der Waals surface area contributed by atoms with Gasteiger partial charge < -0.3 is 5.32 Å². The van der Waals surface area contributed by atoms with Crippen LogP contribution in [0.5, 0.6) is 0 Å². The number of benzene rings is 2. The smallest absolute Gasteiger partial charge is 0.159 e. The van der Waals surface area contributed by atoms with Crippen LogP contribution < -0.4 is 5.32 Å². The monoisotopic (exact) mass is 401 g/mol. The molecule has 0 aliphatic rings. The van der Waals surface area contributed by atoms with E-state index in [-0.39, 0.29) is 6.04 Å². The second-order valence-electron chi connectivity index (χ2n) is 5.01. The summed E-state index contributed by atoms with van der Waals surface area (Å²) >= 11 is 2.27. The third-order valence-corrected chi connectivity index (χ3v) is 4.06. The van der Waals surface area contributed by atoms with Gasteiger partial charge in [-0.3, -0.25) is 0 Å². The van der Waals surface area contributed by atoms with Crippen LogP contribution in [0.1, 0.15) is 30.5 Å². The van der Waals surface area contributed by atoms with Crippen LogP contribution in [0.3, 0.4) is 0 Å². The standard InChI is InChI=1S/C17H18F2IN/c1-2-9-21-17(13-4-6-14(20)7-5-13)11-12-3-8-15(18)16(19)10-12/h3-8,10,17,21H,2,9,11H2,1H3. The predicted molar refractivity (Wildman–Crippen MR) is 90.3 cm³/mol. The summed E-state index contributed by atoms with van der Waals surface area (Å²) in [5.74, 6) is -1.59. The minimum Gasteiger partial charge on any atom is -0.310 e. The van der Waals surface area contributed by atoms with Crippen LogP contribution in [-0.4, -0.2) is 6.54 Å². The van der Waals surface area contributed by atoms with Crippen molar-refractivity contribution in [3.63, 3.8) is 0 Å². The second kappa shape index (κ2) is 7.84. The van der Waals surface area contributed by atoms with Crippen LogP contribution in [0.4, 0.5) is 8.78 Å². The Hall–Kier alpha value is -1.01. The highest BCUT2D eigenvalue weighted by molar-refractivity contribution is 14.1. The van der Waals surface area contributed by atoms with E-state index in [1.807, 2.05) is 0 Å². The van der Waals surface area contributed by atoms with E-state index in [9.17, 15) is 8.78 Å². The lowest BCUT2D eigenvalue weighted by Crippen LogP contribution is -2.24. The zero-order valence-electron chi connectivity index (χ0n) is 11.9. The fourth-order valence-corrected chi connectivity index (χ4v) is 2.58. The maximum atomic E-state index is 13.3. The van der Waals surface area contributed by atoms with Gasteiger partial charge in [-0.1, -0.05) is 25.1 Å². The van der Waals surface area contributed by atoms with Crippen molar-refractivity contribution in [2.45, 2.75) is 25.8 Å². The summed E-state index contributed by atoms with van der Waals surface area (Å²) in [7, 11) is 0. The molecule has 1 atom stereocenters. The average Bonchev–Trinajstić information content (AvgIpc) is 2.48. The molecule has 0 saturated carbocycles. The zero-order valence-corrected chi connectivity index (χ0v) is 14.0. The van der Waals surface area contributed by atoms with Crippen LogP contribution in [0, 0.1) is 15.2 Å². The molecule has 0 aliphatic carbocycles. The molecule has 1 unspecified atom stereocenters. The molecule has 0 radical (unpaired) electrons. The largest absolute Gasteiger partial charge is 0.310 e. The molecule has 0 fully saturated rings. The van der Waals surface area contributed by atoms with E-state index in [0.717, 1.165) is 24.1 Å². The first kappa shape index (κ1) is 16.4. The Morgan fingerprint density at radius 3 is 2.38 bits per heavy atom. The van der Waals surface area contributed by atoms with E-state index < -0.39 is 11.6 Å². The van der Waals surface area contributed by atoms with Crippen LogP contribution in [0.25, 0.3) is 0 Å². The van der Waals surface area contributed by atoms with Crippen molar-refractivity contribution in [3.05, 3.63) is 68.8 Å². The van der Waals surface area contributed by atoms with Gasteiger partial charge in [0, 0.05) is 9.61 Å². The van der Waals surface area contributed by atoms with E-state index in [1.54, 1.807) is 6.07 Å². The summed E-state index contributed by atoms with van der Waals surface area (Å²) in [6.45, 7) is 3.00. The Balaban J connectivity index is 2.19. The number of hydrogen-bond donors (Lipinski definition) is 1. The lowest BCUT2D eigenvalue weighted by atomic mass is 9.98. The summed E-state index contributed by atoms with van der Waals surface area (Å²) < 4.78 is 27.5. The molecule has 0 aromatic heterocycles. The summed E-state index contributed by atoms with van der Waals surface area (Å²) in [5.41, 5.74) is 1.95. The Bertz CT molecular complexity index is 584. The molecule has 112 valence electrons. The van der Waals surface area contributed by atoms with Gasteiger partial charge >= 0.3 is 0 Å². The van der Waals surface area contributed by atoms with Crippen molar-refractivity contribution < 1.29 is 8.78 Å². The second-order valence-corrected chi connectivity index (χ2v) is 6.26. The Kier molecular flexibility index (Phi) is 6.11. The lowest BCUT2D eigenvalue weighted by Gasteiger charge is -2.19. The van der Waals surface area contributed by atoms with Crippen molar-refractivity contribution in [1.82, 2.24) is 5.32 Å². The first-order valence-electron chi connectivity index (χ1n) is 7.03. The molecule has 2 aromatic carbocycles. The molecule has 0 saturated heterocycles. The van der Waals surface area contributed by atoms with Crippen molar-refractivity contribution in [3.8, 4) is 0 Å². The topological polar surface area (TPSA) is 12.0 Å². The van der Waals surface area contributed by atoms with Crippen LogP contribution >= 0.6 is 22.6 Å². The van der Waals surface area contributed by atoms with Gasteiger partial charge in [-0.25, -0.2) is 8.78 Å². The van der Waals surface area contributed by atoms with Gasteiger partial charge in [-0.15, -0.1) is 0 Å². The Labute approximate surface area is 137 Å². The highest BCUT2D eigenvalue weighted by Crippen LogP contribution is 2.21. The zero-order chi connectivity index (χ0) is 15.2. The van der Waals surface area contributed by atoms with Gasteiger partial charge in [-0.2, -0.15) is 0 Å². The van der Waals surface area contributed by atoms with Crippen molar-refractivity contribution >= 4 is 22.6 Å². The van der Waals surface area contributed by atoms with Gasteiger partial charge in [0.25, 0.3) is 0 Å². The number of rotatable bonds is 6. The average molecular weight is 401 g/mol. The van der Waals surface area contributed by atoms with Crippen LogP contribution in [0.15, 0.2) is 42.5 Å². The highest BCUT2D eigenvalue weighted by atomic mass is 127. The van der Waals surface area contributed by atoms with Gasteiger partial charge in [0.1, 0.15) is 0 Å². The Morgan fingerprint density at radius 2 is 1.76 bits per heavy atom. The molecule has 2 aromatic rings. The predicted octanol–water partition coefficient (Wildman–Crippen LogP) is 4.85. The third kappa shape index (κ3) is 4.74. The number of halogens is 3. The molecular weight excluding hydrogens is 383 g/mol. The summed E-state index contributed by atoms with van der Waals surface area (Å²) in [6.07, 6.45) is 1.66. The fraction of sp³-hybridized carbons (Fsp3) is 0.294. The molecular formula is C17H18F2IN. The maximum absolute atomic E-state index is 13.3.